The molecule has 78 valence electrons. The molecule has 0 heterocycles. The molecule has 0 aromatic rings. The summed E-state index contributed by atoms with van der Waals surface area (Å²) < 4.78 is 0. The van der Waals surface area contributed by atoms with Gasteiger partial charge in [-0.1, -0.05) is 18.9 Å². The van der Waals surface area contributed by atoms with E-state index >= 15 is 0 Å². The fourth-order valence-electron chi connectivity index (χ4n) is 2.57. The number of hydrogen-bond acceptors (Lipinski definition) is 1. The standard InChI is InChI=1S/C11H18N2O/c1-2-7-12-11(14)13-10-8-5-3-4-6-9(8)10/h2,8-10H,1,3-7H2,(H2,12,13,14). The highest BCUT2D eigenvalue weighted by Gasteiger charge is 2.51. The van der Waals surface area contributed by atoms with Crippen LogP contribution in [0.25, 0.3) is 0 Å². The summed E-state index contributed by atoms with van der Waals surface area (Å²) in [7, 11) is 0. The Bertz CT molecular complexity index is 227. The molecular formula is C11H18N2O. The number of rotatable bonds is 3. The summed E-state index contributed by atoms with van der Waals surface area (Å²) in [5.74, 6) is 1.55. The predicted octanol–water partition coefficient (Wildman–Crippen LogP) is 1.66. The maximum atomic E-state index is 11.3. The third-order valence-corrected chi connectivity index (χ3v) is 3.36. The second kappa shape index (κ2) is 4.03. The molecule has 0 saturated heterocycles. The fraction of sp³-hybridized carbons (Fsp3) is 0.727. The van der Waals surface area contributed by atoms with E-state index in [-0.39, 0.29) is 6.03 Å². The van der Waals surface area contributed by atoms with Gasteiger partial charge in [0.15, 0.2) is 0 Å². The van der Waals surface area contributed by atoms with Crippen LogP contribution in [0, 0.1) is 11.8 Å². The predicted molar refractivity (Wildman–Crippen MR) is 56.0 cm³/mol. The average Bonchev–Trinajstić information content (AvgIpc) is 2.89. The van der Waals surface area contributed by atoms with E-state index < -0.39 is 0 Å². The van der Waals surface area contributed by atoms with Gasteiger partial charge in [0.25, 0.3) is 0 Å². The molecule has 2 rings (SSSR count). The van der Waals surface area contributed by atoms with Crippen molar-refractivity contribution in [3.63, 3.8) is 0 Å². The molecule has 0 aromatic carbocycles. The van der Waals surface area contributed by atoms with Gasteiger partial charge < -0.3 is 10.6 Å². The maximum Gasteiger partial charge on any atom is 0.315 e. The zero-order chi connectivity index (χ0) is 9.97. The average molecular weight is 194 g/mol. The Morgan fingerprint density at radius 3 is 2.57 bits per heavy atom. The first-order valence-corrected chi connectivity index (χ1v) is 5.48. The molecule has 0 aromatic heterocycles. The zero-order valence-corrected chi connectivity index (χ0v) is 8.46. The van der Waals surface area contributed by atoms with Crippen LogP contribution in [0.1, 0.15) is 25.7 Å². The third kappa shape index (κ3) is 1.91. The Labute approximate surface area is 84.9 Å². The van der Waals surface area contributed by atoms with E-state index in [1.807, 2.05) is 0 Å². The Morgan fingerprint density at radius 2 is 2.00 bits per heavy atom. The molecular weight excluding hydrogens is 176 g/mol. The number of urea groups is 1. The summed E-state index contributed by atoms with van der Waals surface area (Å²) in [6.45, 7) is 4.11. The third-order valence-electron chi connectivity index (χ3n) is 3.36. The van der Waals surface area contributed by atoms with E-state index in [9.17, 15) is 4.79 Å². The first kappa shape index (κ1) is 9.56. The minimum absolute atomic E-state index is 0.0377. The number of hydrogen-bond donors (Lipinski definition) is 2. The molecule has 14 heavy (non-hydrogen) atoms. The van der Waals surface area contributed by atoms with Crippen molar-refractivity contribution in [2.75, 3.05) is 6.54 Å². The smallest absolute Gasteiger partial charge is 0.315 e. The van der Waals surface area contributed by atoms with E-state index in [0.29, 0.717) is 12.6 Å². The number of nitrogens with one attached hydrogen (secondary N) is 2. The molecule has 2 amide bonds. The second-order valence-corrected chi connectivity index (χ2v) is 4.28. The van der Waals surface area contributed by atoms with Crippen molar-refractivity contribution in [2.45, 2.75) is 31.7 Å². The Hall–Kier alpha value is -0.990. The quantitative estimate of drug-likeness (QED) is 0.659. The highest BCUT2D eigenvalue weighted by Crippen LogP contribution is 2.49. The maximum absolute atomic E-state index is 11.3. The van der Waals surface area contributed by atoms with Crippen molar-refractivity contribution in [1.82, 2.24) is 10.6 Å². The van der Waals surface area contributed by atoms with Gasteiger partial charge in [-0.2, -0.15) is 0 Å². The molecule has 0 spiro atoms. The summed E-state index contributed by atoms with van der Waals surface area (Å²) in [5.41, 5.74) is 0. The summed E-state index contributed by atoms with van der Waals surface area (Å²) >= 11 is 0. The summed E-state index contributed by atoms with van der Waals surface area (Å²) in [6.07, 6.45) is 6.98. The van der Waals surface area contributed by atoms with Gasteiger partial charge in [-0.25, -0.2) is 4.79 Å². The van der Waals surface area contributed by atoms with Crippen molar-refractivity contribution in [1.29, 1.82) is 0 Å². The minimum atomic E-state index is -0.0377. The Balaban J connectivity index is 1.71. The number of fused-ring (bicyclic) bond motifs is 1. The molecule has 2 N–H and O–H groups in total. The molecule has 0 bridgehead atoms. The first-order valence-electron chi connectivity index (χ1n) is 5.48. The molecule has 2 saturated carbocycles. The molecule has 2 aliphatic rings. The topological polar surface area (TPSA) is 41.1 Å². The van der Waals surface area contributed by atoms with Gasteiger partial charge in [-0.05, 0) is 24.7 Å². The number of carbonyl (C=O) groups is 1. The lowest BCUT2D eigenvalue weighted by molar-refractivity contribution is 0.240. The van der Waals surface area contributed by atoms with E-state index in [1.54, 1.807) is 6.08 Å². The molecule has 2 fully saturated rings. The highest BCUT2D eigenvalue weighted by molar-refractivity contribution is 5.74. The summed E-state index contributed by atoms with van der Waals surface area (Å²) in [4.78, 5) is 11.3. The van der Waals surface area contributed by atoms with E-state index in [1.165, 1.54) is 25.7 Å². The normalized spacial score (nSPS) is 34.1. The van der Waals surface area contributed by atoms with Crippen molar-refractivity contribution in [3.05, 3.63) is 12.7 Å². The largest absolute Gasteiger partial charge is 0.335 e. The Morgan fingerprint density at radius 1 is 1.36 bits per heavy atom. The van der Waals surface area contributed by atoms with Crippen LogP contribution in [-0.4, -0.2) is 18.6 Å². The van der Waals surface area contributed by atoms with Crippen LogP contribution in [-0.2, 0) is 0 Å². The van der Waals surface area contributed by atoms with Crippen LogP contribution in [0.3, 0.4) is 0 Å². The molecule has 3 heteroatoms. The lowest BCUT2D eigenvalue weighted by atomic mass is 10.0. The van der Waals surface area contributed by atoms with Gasteiger partial charge in [0, 0.05) is 12.6 Å². The molecule has 2 unspecified atom stereocenters. The van der Waals surface area contributed by atoms with Crippen LogP contribution in [0.15, 0.2) is 12.7 Å². The zero-order valence-electron chi connectivity index (χ0n) is 8.46. The van der Waals surface area contributed by atoms with E-state index in [2.05, 4.69) is 17.2 Å². The molecule has 2 atom stereocenters. The van der Waals surface area contributed by atoms with Crippen LogP contribution in [0.4, 0.5) is 4.79 Å². The summed E-state index contributed by atoms with van der Waals surface area (Å²) in [6, 6.07) is 0.423. The van der Waals surface area contributed by atoms with Crippen molar-refractivity contribution < 1.29 is 4.79 Å². The summed E-state index contributed by atoms with van der Waals surface area (Å²) in [5, 5.41) is 5.78. The minimum Gasteiger partial charge on any atom is -0.335 e. The molecule has 2 aliphatic carbocycles. The van der Waals surface area contributed by atoms with Crippen molar-refractivity contribution in [2.24, 2.45) is 11.8 Å². The van der Waals surface area contributed by atoms with Crippen LogP contribution < -0.4 is 10.6 Å². The van der Waals surface area contributed by atoms with Gasteiger partial charge >= 0.3 is 6.03 Å². The number of carbonyl (C=O) groups excluding carboxylic acids is 1. The van der Waals surface area contributed by atoms with E-state index in [0.717, 1.165) is 11.8 Å². The van der Waals surface area contributed by atoms with Gasteiger partial charge in [0.1, 0.15) is 0 Å². The van der Waals surface area contributed by atoms with Crippen molar-refractivity contribution in [3.8, 4) is 0 Å². The van der Waals surface area contributed by atoms with Gasteiger partial charge in [-0.15, -0.1) is 6.58 Å². The highest BCUT2D eigenvalue weighted by atomic mass is 16.2. The second-order valence-electron chi connectivity index (χ2n) is 4.28. The van der Waals surface area contributed by atoms with Gasteiger partial charge in [0.05, 0.1) is 0 Å². The van der Waals surface area contributed by atoms with Crippen LogP contribution in [0.5, 0.6) is 0 Å². The SMILES string of the molecule is C=CCNC(=O)NC1C2CCCCC21. The first-order chi connectivity index (χ1) is 6.83. The fourth-order valence-corrected chi connectivity index (χ4v) is 2.57. The van der Waals surface area contributed by atoms with Crippen LogP contribution >= 0.6 is 0 Å². The number of amides is 2. The molecule has 0 radical (unpaired) electrons. The molecule has 0 aliphatic heterocycles. The van der Waals surface area contributed by atoms with Gasteiger partial charge in [0.2, 0.25) is 0 Å². The van der Waals surface area contributed by atoms with Gasteiger partial charge in [-0.3, -0.25) is 0 Å². The van der Waals surface area contributed by atoms with Crippen molar-refractivity contribution >= 4 is 6.03 Å². The monoisotopic (exact) mass is 194 g/mol. The van der Waals surface area contributed by atoms with Crippen LogP contribution in [0.2, 0.25) is 0 Å². The lowest BCUT2D eigenvalue weighted by Crippen LogP contribution is -2.37. The Kier molecular flexibility index (Phi) is 2.75. The van der Waals surface area contributed by atoms with E-state index in [4.69, 9.17) is 0 Å². The molecule has 3 nitrogen and oxygen atoms in total. The lowest BCUT2D eigenvalue weighted by Gasteiger charge is -2.04.